The number of hydrogen-bond acceptors (Lipinski definition) is 4. The van der Waals surface area contributed by atoms with Gasteiger partial charge in [-0.25, -0.2) is 4.98 Å². The third kappa shape index (κ3) is 2.29. The van der Waals surface area contributed by atoms with Gasteiger partial charge in [-0.3, -0.25) is 5.10 Å². The SMILES string of the molecule is COC(OC(C)c1ccc[nH]1)c1ncn[nH]1. The fraction of sp³-hybridized carbons (Fsp3) is 0.400. The topological polar surface area (TPSA) is 75.8 Å². The van der Waals surface area contributed by atoms with Crippen molar-refractivity contribution in [3.63, 3.8) is 0 Å². The Hall–Kier alpha value is -1.66. The van der Waals surface area contributed by atoms with Crippen LogP contribution in [0, 0.1) is 0 Å². The van der Waals surface area contributed by atoms with Gasteiger partial charge in [0.2, 0.25) is 6.29 Å². The van der Waals surface area contributed by atoms with E-state index in [1.165, 1.54) is 6.33 Å². The quantitative estimate of drug-likeness (QED) is 0.753. The number of hydrogen-bond donors (Lipinski definition) is 2. The van der Waals surface area contributed by atoms with Crippen LogP contribution in [0.3, 0.4) is 0 Å². The van der Waals surface area contributed by atoms with Crippen LogP contribution < -0.4 is 0 Å². The predicted molar refractivity (Wildman–Crippen MR) is 56.4 cm³/mol. The first-order chi connectivity index (χ1) is 7.81. The van der Waals surface area contributed by atoms with Crippen LogP contribution in [0.5, 0.6) is 0 Å². The van der Waals surface area contributed by atoms with E-state index in [0.29, 0.717) is 5.82 Å². The van der Waals surface area contributed by atoms with E-state index >= 15 is 0 Å². The van der Waals surface area contributed by atoms with E-state index in [0.717, 1.165) is 5.69 Å². The zero-order valence-electron chi connectivity index (χ0n) is 9.18. The highest BCUT2D eigenvalue weighted by molar-refractivity contribution is 5.06. The number of aromatic amines is 2. The molecule has 2 N–H and O–H groups in total. The van der Waals surface area contributed by atoms with Gasteiger partial charge in [-0.05, 0) is 19.1 Å². The summed E-state index contributed by atoms with van der Waals surface area (Å²) in [6, 6.07) is 3.88. The maximum Gasteiger partial charge on any atom is 0.219 e. The third-order valence-electron chi connectivity index (χ3n) is 2.26. The summed E-state index contributed by atoms with van der Waals surface area (Å²) < 4.78 is 10.9. The molecular formula is C10H14N4O2. The zero-order chi connectivity index (χ0) is 11.4. The minimum absolute atomic E-state index is 0.106. The minimum Gasteiger partial charge on any atom is -0.363 e. The fourth-order valence-corrected chi connectivity index (χ4v) is 1.42. The van der Waals surface area contributed by atoms with E-state index in [1.54, 1.807) is 7.11 Å². The lowest BCUT2D eigenvalue weighted by atomic mass is 10.3. The molecule has 0 bridgehead atoms. The van der Waals surface area contributed by atoms with Gasteiger partial charge in [0.05, 0.1) is 6.10 Å². The van der Waals surface area contributed by atoms with Crippen LogP contribution in [0.1, 0.15) is 30.8 Å². The second-order valence-electron chi connectivity index (χ2n) is 3.34. The fourth-order valence-electron chi connectivity index (χ4n) is 1.42. The van der Waals surface area contributed by atoms with Gasteiger partial charge in [-0.15, -0.1) is 0 Å². The van der Waals surface area contributed by atoms with Crippen LogP contribution >= 0.6 is 0 Å². The summed E-state index contributed by atoms with van der Waals surface area (Å²) in [6.45, 7) is 1.94. The van der Waals surface area contributed by atoms with E-state index in [2.05, 4.69) is 20.2 Å². The number of methoxy groups -OCH3 is 1. The molecule has 0 saturated carbocycles. The third-order valence-corrected chi connectivity index (χ3v) is 2.26. The average molecular weight is 222 g/mol. The maximum atomic E-state index is 5.70. The first kappa shape index (κ1) is 10.8. The van der Waals surface area contributed by atoms with Crippen LogP contribution in [0.4, 0.5) is 0 Å². The molecule has 0 radical (unpaired) electrons. The monoisotopic (exact) mass is 222 g/mol. The van der Waals surface area contributed by atoms with Crippen molar-refractivity contribution in [2.24, 2.45) is 0 Å². The Labute approximate surface area is 93.0 Å². The van der Waals surface area contributed by atoms with Crippen molar-refractivity contribution in [1.29, 1.82) is 0 Å². The maximum absolute atomic E-state index is 5.70. The number of ether oxygens (including phenoxy) is 2. The molecule has 2 aromatic rings. The summed E-state index contributed by atoms with van der Waals surface area (Å²) in [5, 5.41) is 6.47. The van der Waals surface area contributed by atoms with Crippen molar-refractivity contribution in [3.8, 4) is 0 Å². The molecule has 0 aromatic carbocycles. The number of H-pyrrole nitrogens is 2. The second-order valence-corrected chi connectivity index (χ2v) is 3.34. The first-order valence-electron chi connectivity index (χ1n) is 4.98. The van der Waals surface area contributed by atoms with Gasteiger partial charge < -0.3 is 14.5 Å². The smallest absolute Gasteiger partial charge is 0.219 e. The Morgan fingerprint density at radius 3 is 2.88 bits per heavy atom. The Morgan fingerprint density at radius 1 is 1.44 bits per heavy atom. The normalized spacial score (nSPS) is 14.9. The van der Waals surface area contributed by atoms with Gasteiger partial charge in [0.25, 0.3) is 0 Å². The number of nitrogens with zero attached hydrogens (tertiary/aromatic N) is 2. The summed E-state index contributed by atoms with van der Waals surface area (Å²) in [5.41, 5.74) is 0.988. The van der Waals surface area contributed by atoms with Crippen molar-refractivity contribution in [2.75, 3.05) is 7.11 Å². The zero-order valence-corrected chi connectivity index (χ0v) is 9.18. The van der Waals surface area contributed by atoms with Crippen molar-refractivity contribution in [3.05, 3.63) is 36.2 Å². The summed E-state index contributed by atoms with van der Waals surface area (Å²) in [4.78, 5) is 7.08. The molecule has 86 valence electrons. The Kier molecular flexibility index (Phi) is 3.33. The molecule has 2 unspecified atom stereocenters. The molecule has 16 heavy (non-hydrogen) atoms. The second kappa shape index (κ2) is 4.91. The summed E-state index contributed by atoms with van der Waals surface area (Å²) >= 11 is 0. The number of nitrogens with one attached hydrogen (secondary N) is 2. The lowest BCUT2D eigenvalue weighted by molar-refractivity contribution is -0.162. The molecule has 0 amide bonds. The molecule has 0 fully saturated rings. The van der Waals surface area contributed by atoms with Crippen LogP contribution in [-0.4, -0.2) is 27.3 Å². The van der Waals surface area contributed by atoms with Crippen LogP contribution in [-0.2, 0) is 9.47 Å². The lowest BCUT2D eigenvalue weighted by Crippen LogP contribution is -2.11. The number of rotatable bonds is 5. The summed E-state index contributed by atoms with van der Waals surface area (Å²) in [5.74, 6) is 0.556. The lowest BCUT2D eigenvalue weighted by Gasteiger charge is -2.18. The largest absolute Gasteiger partial charge is 0.363 e. The van der Waals surface area contributed by atoms with E-state index in [4.69, 9.17) is 9.47 Å². The van der Waals surface area contributed by atoms with Crippen molar-refractivity contribution >= 4 is 0 Å². The Bertz CT molecular complexity index is 398. The van der Waals surface area contributed by atoms with Crippen molar-refractivity contribution < 1.29 is 9.47 Å². The first-order valence-corrected chi connectivity index (χ1v) is 4.98. The molecule has 0 aliphatic carbocycles. The minimum atomic E-state index is -0.541. The van der Waals surface area contributed by atoms with E-state index in [-0.39, 0.29) is 6.10 Å². The van der Waals surface area contributed by atoms with Crippen molar-refractivity contribution in [2.45, 2.75) is 19.3 Å². The molecule has 6 heteroatoms. The molecule has 0 aliphatic rings. The molecule has 2 heterocycles. The van der Waals surface area contributed by atoms with Gasteiger partial charge in [-0.1, -0.05) is 0 Å². The predicted octanol–water partition coefficient (Wildman–Crippen LogP) is 1.56. The molecule has 0 spiro atoms. The summed E-state index contributed by atoms with van der Waals surface area (Å²) in [7, 11) is 1.56. The highest BCUT2D eigenvalue weighted by Gasteiger charge is 2.18. The highest BCUT2D eigenvalue weighted by atomic mass is 16.7. The average Bonchev–Trinajstić information content (AvgIpc) is 2.96. The van der Waals surface area contributed by atoms with Gasteiger partial charge in [-0.2, -0.15) is 5.10 Å². The van der Waals surface area contributed by atoms with Gasteiger partial charge >= 0.3 is 0 Å². The van der Waals surface area contributed by atoms with Gasteiger partial charge in [0, 0.05) is 19.0 Å². The molecule has 0 saturated heterocycles. The Balaban J connectivity index is 2.02. The highest BCUT2D eigenvalue weighted by Crippen LogP contribution is 2.23. The molecule has 2 aromatic heterocycles. The van der Waals surface area contributed by atoms with Gasteiger partial charge in [0.1, 0.15) is 6.33 Å². The summed E-state index contributed by atoms with van der Waals surface area (Å²) in [6.07, 6.45) is 2.63. The van der Waals surface area contributed by atoms with Crippen LogP contribution in [0.2, 0.25) is 0 Å². The van der Waals surface area contributed by atoms with Crippen LogP contribution in [0.15, 0.2) is 24.7 Å². The Morgan fingerprint density at radius 2 is 2.31 bits per heavy atom. The van der Waals surface area contributed by atoms with E-state index < -0.39 is 6.29 Å². The van der Waals surface area contributed by atoms with Gasteiger partial charge in [0.15, 0.2) is 5.82 Å². The molecule has 2 rings (SSSR count). The van der Waals surface area contributed by atoms with E-state index in [1.807, 2.05) is 25.3 Å². The number of aromatic nitrogens is 4. The van der Waals surface area contributed by atoms with E-state index in [9.17, 15) is 0 Å². The standard InChI is InChI=1S/C10H14N4O2/c1-7(8-4-3-5-11-8)16-10(15-2)9-12-6-13-14-9/h3-7,10-11H,1-2H3,(H,12,13,14). The molecule has 0 aliphatic heterocycles. The molecular weight excluding hydrogens is 208 g/mol. The molecule has 2 atom stereocenters. The van der Waals surface area contributed by atoms with Crippen molar-refractivity contribution in [1.82, 2.24) is 20.2 Å². The van der Waals surface area contributed by atoms with Crippen LogP contribution in [0.25, 0.3) is 0 Å². The molecule has 6 nitrogen and oxygen atoms in total.